The van der Waals surface area contributed by atoms with Crippen molar-refractivity contribution < 1.29 is 19.1 Å². The molecule has 0 heterocycles. The Labute approximate surface area is 205 Å². The number of carbonyl (C=O) groups is 2. The van der Waals surface area contributed by atoms with Gasteiger partial charge in [-0.05, 0) is 35.4 Å². The Morgan fingerprint density at radius 3 is 1.82 bits per heavy atom. The fourth-order valence-electron chi connectivity index (χ4n) is 3.54. The van der Waals surface area contributed by atoms with Crippen LogP contribution >= 0.6 is 0 Å². The largest absolute Gasteiger partial charge is 0.462 e. The first-order chi connectivity index (χ1) is 15.9. The van der Waals surface area contributed by atoms with E-state index in [9.17, 15) is 9.59 Å². The summed E-state index contributed by atoms with van der Waals surface area (Å²) < 4.78 is 11.9. The number of hydrogen-bond donors (Lipinski definition) is 1. The van der Waals surface area contributed by atoms with E-state index in [0.29, 0.717) is 18.5 Å². The van der Waals surface area contributed by atoms with E-state index in [1.807, 2.05) is 84.9 Å². The van der Waals surface area contributed by atoms with Crippen molar-refractivity contribution in [1.82, 2.24) is 5.32 Å². The zero-order valence-electron chi connectivity index (χ0n) is 21.8. The summed E-state index contributed by atoms with van der Waals surface area (Å²) in [5.74, 6) is -0.617. The van der Waals surface area contributed by atoms with Crippen LogP contribution < -0.4 is 5.32 Å². The van der Waals surface area contributed by atoms with Crippen molar-refractivity contribution in [2.24, 2.45) is 10.8 Å². The molecule has 5 nitrogen and oxygen atoms in total. The van der Waals surface area contributed by atoms with Crippen molar-refractivity contribution in [3.63, 3.8) is 0 Å². The third-order valence-electron chi connectivity index (χ3n) is 5.86. The van der Waals surface area contributed by atoms with Gasteiger partial charge in [0.05, 0.1) is 12.0 Å². The number of benzene rings is 2. The molecule has 0 unspecified atom stereocenters. The Kier molecular flexibility index (Phi) is 9.87. The summed E-state index contributed by atoms with van der Waals surface area (Å²) >= 11 is 0. The zero-order valence-corrected chi connectivity index (χ0v) is 21.8. The van der Waals surface area contributed by atoms with Crippen LogP contribution in [0.25, 0.3) is 0 Å². The summed E-state index contributed by atoms with van der Waals surface area (Å²) in [6.45, 7) is 14.9. The second-order valence-electron chi connectivity index (χ2n) is 11.2. The van der Waals surface area contributed by atoms with Crippen LogP contribution in [0, 0.1) is 10.8 Å². The van der Waals surface area contributed by atoms with Crippen LogP contribution in [0.1, 0.15) is 77.2 Å². The van der Waals surface area contributed by atoms with Crippen molar-refractivity contribution in [2.75, 3.05) is 0 Å². The van der Waals surface area contributed by atoms with Crippen LogP contribution in [0.3, 0.4) is 0 Å². The molecule has 5 heteroatoms. The highest BCUT2D eigenvalue weighted by Crippen LogP contribution is 2.34. The fourth-order valence-corrected chi connectivity index (χ4v) is 3.54. The average Bonchev–Trinajstić information content (AvgIpc) is 2.76. The summed E-state index contributed by atoms with van der Waals surface area (Å²) in [5.41, 5.74) is 1.06. The third-order valence-corrected chi connectivity index (χ3v) is 5.86. The lowest BCUT2D eigenvalue weighted by atomic mass is 9.79. The highest BCUT2D eigenvalue weighted by molar-refractivity contribution is 5.89. The second kappa shape index (κ2) is 12.2. The predicted molar refractivity (Wildman–Crippen MR) is 136 cm³/mol. The molecule has 1 N–H and O–H groups in total. The first-order valence-corrected chi connectivity index (χ1v) is 12.1. The van der Waals surface area contributed by atoms with Crippen molar-refractivity contribution in [1.29, 1.82) is 0 Å². The molecule has 0 spiro atoms. The first-order valence-electron chi connectivity index (χ1n) is 12.1. The van der Waals surface area contributed by atoms with Gasteiger partial charge in [-0.1, -0.05) is 90.1 Å². The van der Waals surface area contributed by atoms with E-state index in [1.54, 1.807) is 12.1 Å². The predicted octanol–water partition coefficient (Wildman–Crippen LogP) is 6.17. The molecule has 3 atom stereocenters. The molecule has 0 aromatic heterocycles. The van der Waals surface area contributed by atoms with Gasteiger partial charge in [0.15, 0.2) is 0 Å². The molecule has 0 aliphatic heterocycles. The van der Waals surface area contributed by atoms with E-state index >= 15 is 0 Å². The highest BCUT2D eigenvalue weighted by Gasteiger charge is 2.37. The van der Waals surface area contributed by atoms with E-state index in [2.05, 4.69) is 17.4 Å². The first kappa shape index (κ1) is 27.6. The van der Waals surface area contributed by atoms with Gasteiger partial charge in [-0.15, -0.1) is 0 Å². The van der Waals surface area contributed by atoms with Crippen LogP contribution in [-0.4, -0.2) is 30.2 Å². The van der Waals surface area contributed by atoms with Crippen molar-refractivity contribution in [3.8, 4) is 0 Å². The Bertz CT molecular complexity index is 897. The van der Waals surface area contributed by atoms with Crippen molar-refractivity contribution >= 4 is 11.9 Å². The van der Waals surface area contributed by atoms with Crippen molar-refractivity contribution in [3.05, 3.63) is 71.8 Å². The monoisotopic (exact) mass is 467 g/mol. The van der Waals surface area contributed by atoms with Gasteiger partial charge in [-0.25, -0.2) is 4.79 Å². The standard InChI is InChI=1S/C29H41NO4/c1-21(30-20-22-14-10-8-11-15-22)18-26(31)33-24(28(2,3)4)19-25(29(5,6)7)34-27(32)23-16-12-9-13-17-23/h8-17,21,24-25,30H,18-20H2,1-7H3/t21-,24-,25+/m0/s1. The minimum atomic E-state index is -0.411. The number of ether oxygens (including phenoxy) is 2. The van der Waals surface area contributed by atoms with Crippen LogP contribution in [0.5, 0.6) is 0 Å². The van der Waals surface area contributed by atoms with Crippen LogP contribution in [0.15, 0.2) is 60.7 Å². The van der Waals surface area contributed by atoms with E-state index < -0.39 is 12.2 Å². The third kappa shape index (κ3) is 9.30. The van der Waals surface area contributed by atoms with Crippen LogP contribution in [0.4, 0.5) is 0 Å². The topological polar surface area (TPSA) is 64.6 Å². The minimum Gasteiger partial charge on any atom is -0.462 e. The van der Waals surface area contributed by atoms with Gasteiger partial charge in [-0.3, -0.25) is 4.79 Å². The lowest BCUT2D eigenvalue weighted by Gasteiger charge is -2.37. The van der Waals surface area contributed by atoms with E-state index in [4.69, 9.17) is 9.47 Å². The SMILES string of the molecule is C[C@@H](CC(=O)O[C@@H](C[C@@H](OC(=O)c1ccccc1)C(C)(C)C)C(C)(C)C)NCc1ccccc1. The number of esters is 2. The van der Waals surface area contributed by atoms with Crippen LogP contribution in [-0.2, 0) is 20.8 Å². The Hall–Kier alpha value is -2.66. The van der Waals surface area contributed by atoms with Gasteiger partial charge < -0.3 is 14.8 Å². The highest BCUT2D eigenvalue weighted by atomic mass is 16.6. The minimum absolute atomic E-state index is 0.0253. The lowest BCUT2D eigenvalue weighted by Crippen LogP contribution is -2.41. The summed E-state index contributed by atoms with van der Waals surface area (Å²) in [6.07, 6.45) is -0.105. The molecule has 2 rings (SSSR count). The summed E-state index contributed by atoms with van der Waals surface area (Å²) in [5, 5.41) is 3.38. The number of rotatable bonds is 10. The molecule has 0 saturated carbocycles. The molecule has 0 bridgehead atoms. The average molecular weight is 468 g/mol. The number of carbonyl (C=O) groups excluding carboxylic acids is 2. The van der Waals surface area contributed by atoms with Crippen LogP contribution in [0.2, 0.25) is 0 Å². The Morgan fingerprint density at radius 2 is 1.29 bits per heavy atom. The molecule has 0 fully saturated rings. The van der Waals surface area contributed by atoms with Gasteiger partial charge in [-0.2, -0.15) is 0 Å². The zero-order chi connectivity index (χ0) is 25.4. The quantitative estimate of drug-likeness (QED) is 0.423. The molecule has 0 saturated heterocycles. The normalized spacial score (nSPS) is 14.7. The summed E-state index contributed by atoms with van der Waals surface area (Å²) in [4.78, 5) is 25.6. The van der Waals surface area contributed by atoms with E-state index in [0.717, 1.165) is 0 Å². The summed E-state index contributed by atoms with van der Waals surface area (Å²) in [7, 11) is 0. The Balaban J connectivity index is 2.01. The molecule has 0 amide bonds. The second-order valence-corrected chi connectivity index (χ2v) is 11.2. The van der Waals surface area contributed by atoms with Gasteiger partial charge in [0.25, 0.3) is 0 Å². The number of hydrogen-bond acceptors (Lipinski definition) is 5. The lowest BCUT2D eigenvalue weighted by molar-refractivity contribution is -0.158. The maximum atomic E-state index is 12.8. The summed E-state index contributed by atoms with van der Waals surface area (Å²) in [6, 6.07) is 19.0. The molecule has 34 heavy (non-hydrogen) atoms. The Morgan fingerprint density at radius 1 is 0.794 bits per heavy atom. The van der Waals surface area contributed by atoms with Gasteiger partial charge in [0, 0.05) is 19.0 Å². The maximum absolute atomic E-state index is 12.8. The fraction of sp³-hybridized carbons (Fsp3) is 0.517. The molecular formula is C29H41NO4. The molecule has 2 aromatic rings. The van der Waals surface area contributed by atoms with Crippen molar-refractivity contribution in [2.45, 2.75) is 86.1 Å². The van der Waals surface area contributed by atoms with E-state index in [1.165, 1.54) is 5.56 Å². The number of nitrogens with one attached hydrogen (secondary N) is 1. The molecule has 0 radical (unpaired) electrons. The molecule has 186 valence electrons. The van der Waals surface area contributed by atoms with Gasteiger partial charge in [0.1, 0.15) is 12.2 Å². The van der Waals surface area contributed by atoms with Gasteiger partial charge >= 0.3 is 11.9 Å². The molecule has 0 aliphatic rings. The van der Waals surface area contributed by atoms with E-state index in [-0.39, 0.29) is 35.2 Å². The molecule has 2 aromatic carbocycles. The maximum Gasteiger partial charge on any atom is 0.338 e. The van der Waals surface area contributed by atoms with Gasteiger partial charge in [0.2, 0.25) is 0 Å². The smallest absolute Gasteiger partial charge is 0.338 e. The molecular weight excluding hydrogens is 426 g/mol. The molecule has 0 aliphatic carbocycles.